The molecule has 2 N–H and O–H groups in total. The van der Waals surface area contributed by atoms with Crippen molar-refractivity contribution in [2.24, 2.45) is 5.92 Å². The van der Waals surface area contributed by atoms with E-state index in [0.717, 1.165) is 13.0 Å². The standard InChI is InChI=1S/C9H16N2O3.ClH/c1-6(9(13)14-2)11-8(12)7-3-4-10-5-7;/h6-7,10H,3-5H2,1-2H3,(H,11,12);1H/t6-,7-;/m0./s1. The van der Waals surface area contributed by atoms with Crippen LogP contribution in [0.25, 0.3) is 0 Å². The molecule has 88 valence electrons. The number of rotatable bonds is 3. The van der Waals surface area contributed by atoms with E-state index in [1.165, 1.54) is 7.11 Å². The van der Waals surface area contributed by atoms with Gasteiger partial charge in [-0.2, -0.15) is 0 Å². The van der Waals surface area contributed by atoms with Crippen molar-refractivity contribution in [2.45, 2.75) is 19.4 Å². The molecule has 0 bridgehead atoms. The van der Waals surface area contributed by atoms with Crippen LogP contribution in [0.15, 0.2) is 0 Å². The van der Waals surface area contributed by atoms with Gasteiger partial charge in [-0.1, -0.05) is 0 Å². The van der Waals surface area contributed by atoms with Gasteiger partial charge in [0.25, 0.3) is 0 Å². The molecule has 0 spiro atoms. The van der Waals surface area contributed by atoms with Crippen molar-refractivity contribution in [3.05, 3.63) is 0 Å². The third-order valence-electron chi connectivity index (χ3n) is 2.34. The predicted molar refractivity (Wildman–Crippen MR) is 57.8 cm³/mol. The zero-order chi connectivity index (χ0) is 10.6. The molecule has 1 saturated heterocycles. The molecule has 0 aromatic heterocycles. The molecule has 0 aliphatic carbocycles. The van der Waals surface area contributed by atoms with Gasteiger partial charge >= 0.3 is 5.97 Å². The molecule has 1 aliphatic heterocycles. The Bertz CT molecular complexity index is 229. The van der Waals surface area contributed by atoms with Crippen molar-refractivity contribution in [1.82, 2.24) is 10.6 Å². The minimum absolute atomic E-state index is 0. The largest absolute Gasteiger partial charge is 0.467 e. The fraction of sp³-hybridized carbons (Fsp3) is 0.778. The van der Waals surface area contributed by atoms with Crippen LogP contribution in [0.2, 0.25) is 0 Å². The monoisotopic (exact) mass is 236 g/mol. The van der Waals surface area contributed by atoms with Gasteiger partial charge in [-0.25, -0.2) is 4.79 Å². The highest BCUT2D eigenvalue weighted by molar-refractivity contribution is 5.86. The van der Waals surface area contributed by atoms with Gasteiger partial charge < -0.3 is 15.4 Å². The lowest BCUT2D eigenvalue weighted by Crippen LogP contribution is -2.42. The number of methoxy groups -OCH3 is 1. The van der Waals surface area contributed by atoms with Crippen molar-refractivity contribution >= 4 is 24.3 Å². The number of hydrogen-bond acceptors (Lipinski definition) is 4. The van der Waals surface area contributed by atoms with Crippen LogP contribution < -0.4 is 10.6 Å². The van der Waals surface area contributed by atoms with Crippen molar-refractivity contribution in [3.8, 4) is 0 Å². The summed E-state index contributed by atoms with van der Waals surface area (Å²) < 4.78 is 4.51. The minimum atomic E-state index is -0.562. The molecular formula is C9H17ClN2O3. The third kappa shape index (κ3) is 4.05. The number of halogens is 1. The van der Waals surface area contributed by atoms with Crippen LogP contribution in [-0.4, -0.2) is 38.1 Å². The quantitative estimate of drug-likeness (QED) is 0.660. The maximum absolute atomic E-state index is 11.5. The lowest BCUT2D eigenvalue weighted by atomic mass is 10.1. The molecular weight excluding hydrogens is 220 g/mol. The molecule has 1 aliphatic rings. The van der Waals surface area contributed by atoms with Gasteiger partial charge in [-0.05, 0) is 19.9 Å². The van der Waals surface area contributed by atoms with E-state index in [-0.39, 0.29) is 24.2 Å². The van der Waals surface area contributed by atoms with Crippen LogP contribution in [0, 0.1) is 5.92 Å². The average Bonchev–Trinajstić information content (AvgIpc) is 2.69. The maximum atomic E-state index is 11.5. The first-order valence-corrected chi connectivity index (χ1v) is 4.74. The van der Waals surface area contributed by atoms with E-state index in [4.69, 9.17) is 0 Å². The first-order valence-electron chi connectivity index (χ1n) is 4.74. The summed E-state index contributed by atoms with van der Waals surface area (Å²) in [7, 11) is 1.31. The van der Waals surface area contributed by atoms with Crippen LogP contribution in [0.5, 0.6) is 0 Å². The summed E-state index contributed by atoms with van der Waals surface area (Å²) in [6, 6.07) is -0.562. The molecule has 2 atom stereocenters. The highest BCUT2D eigenvalue weighted by Gasteiger charge is 2.25. The molecule has 0 saturated carbocycles. The Morgan fingerprint density at radius 1 is 1.53 bits per heavy atom. The molecule has 6 heteroatoms. The molecule has 0 aromatic rings. The molecule has 0 aromatic carbocycles. The lowest BCUT2D eigenvalue weighted by Gasteiger charge is -2.14. The predicted octanol–water partition coefficient (Wildman–Crippen LogP) is -0.305. The summed E-state index contributed by atoms with van der Waals surface area (Å²) in [5.41, 5.74) is 0. The lowest BCUT2D eigenvalue weighted by molar-refractivity contribution is -0.144. The fourth-order valence-electron chi connectivity index (χ4n) is 1.45. The molecule has 0 unspecified atom stereocenters. The first-order chi connectivity index (χ1) is 6.65. The number of hydrogen-bond donors (Lipinski definition) is 2. The Labute approximate surface area is 95.3 Å². The van der Waals surface area contributed by atoms with Crippen LogP contribution in [0.3, 0.4) is 0 Å². The molecule has 1 fully saturated rings. The molecule has 0 radical (unpaired) electrons. The van der Waals surface area contributed by atoms with E-state index in [1.807, 2.05) is 0 Å². The number of carbonyl (C=O) groups is 2. The second kappa shape index (κ2) is 6.63. The van der Waals surface area contributed by atoms with E-state index in [0.29, 0.717) is 6.54 Å². The smallest absolute Gasteiger partial charge is 0.328 e. The number of amides is 1. The van der Waals surface area contributed by atoms with Crippen LogP contribution in [0.1, 0.15) is 13.3 Å². The van der Waals surface area contributed by atoms with Gasteiger partial charge in [0, 0.05) is 6.54 Å². The summed E-state index contributed by atoms with van der Waals surface area (Å²) in [5, 5.41) is 5.71. The number of nitrogens with one attached hydrogen (secondary N) is 2. The summed E-state index contributed by atoms with van der Waals surface area (Å²) in [6.45, 7) is 3.18. The molecule has 1 rings (SSSR count). The van der Waals surface area contributed by atoms with Gasteiger partial charge in [0.2, 0.25) is 5.91 Å². The van der Waals surface area contributed by atoms with Gasteiger partial charge in [-0.15, -0.1) is 12.4 Å². The van der Waals surface area contributed by atoms with Crippen molar-refractivity contribution < 1.29 is 14.3 Å². The van der Waals surface area contributed by atoms with E-state index < -0.39 is 12.0 Å². The Kier molecular flexibility index (Phi) is 6.27. The third-order valence-corrected chi connectivity index (χ3v) is 2.34. The molecule has 1 amide bonds. The van der Waals surface area contributed by atoms with Crippen LogP contribution in [-0.2, 0) is 14.3 Å². The van der Waals surface area contributed by atoms with Crippen molar-refractivity contribution in [3.63, 3.8) is 0 Å². The Hall–Kier alpha value is -0.810. The zero-order valence-electron chi connectivity index (χ0n) is 8.91. The number of esters is 1. The molecule has 15 heavy (non-hydrogen) atoms. The maximum Gasteiger partial charge on any atom is 0.328 e. The van der Waals surface area contributed by atoms with Gasteiger partial charge in [-0.3, -0.25) is 4.79 Å². The van der Waals surface area contributed by atoms with Gasteiger partial charge in [0.15, 0.2) is 0 Å². The van der Waals surface area contributed by atoms with Crippen molar-refractivity contribution in [1.29, 1.82) is 0 Å². The van der Waals surface area contributed by atoms with E-state index in [9.17, 15) is 9.59 Å². The highest BCUT2D eigenvalue weighted by atomic mass is 35.5. The van der Waals surface area contributed by atoms with E-state index >= 15 is 0 Å². The molecule has 1 heterocycles. The normalized spacial score (nSPS) is 21.3. The fourth-order valence-corrected chi connectivity index (χ4v) is 1.45. The topological polar surface area (TPSA) is 67.4 Å². The second-order valence-electron chi connectivity index (χ2n) is 3.44. The number of carbonyl (C=O) groups excluding carboxylic acids is 2. The average molecular weight is 237 g/mol. The number of ether oxygens (including phenoxy) is 1. The van der Waals surface area contributed by atoms with Gasteiger partial charge in [0.05, 0.1) is 13.0 Å². The minimum Gasteiger partial charge on any atom is -0.467 e. The van der Waals surface area contributed by atoms with Crippen LogP contribution >= 0.6 is 12.4 Å². The Morgan fingerprint density at radius 2 is 2.20 bits per heavy atom. The van der Waals surface area contributed by atoms with E-state index in [2.05, 4.69) is 15.4 Å². The zero-order valence-corrected chi connectivity index (χ0v) is 9.73. The SMILES string of the molecule is COC(=O)[C@H](C)NC(=O)[C@H]1CCNC1.Cl. The summed E-state index contributed by atoms with van der Waals surface area (Å²) in [5.74, 6) is -0.501. The van der Waals surface area contributed by atoms with Crippen LogP contribution in [0.4, 0.5) is 0 Å². The Morgan fingerprint density at radius 3 is 2.67 bits per heavy atom. The van der Waals surface area contributed by atoms with E-state index in [1.54, 1.807) is 6.92 Å². The first kappa shape index (κ1) is 14.2. The molecule has 5 nitrogen and oxygen atoms in total. The van der Waals surface area contributed by atoms with Gasteiger partial charge in [0.1, 0.15) is 6.04 Å². The second-order valence-corrected chi connectivity index (χ2v) is 3.44. The highest BCUT2D eigenvalue weighted by Crippen LogP contribution is 2.07. The summed E-state index contributed by atoms with van der Waals surface area (Å²) in [4.78, 5) is 22.5. The summed E-state index contributed by atoms with van der Waals surface area (Å²) >= 11 is 0. The summed E-state index contributed by atoms with van der Waals surface area (Å²) in [6.07, 6.45) is 0.833. The van der Waals surface area contributed by atoms with Crippen molar-refractivity contribution in [2.75, 3.05) is 20.2 Å². The Balaban J connectivity index is 0.00000196.